The summed E-state index contributed by atoms with van der Waals surface area (Å²) in [5.74, 6) is -0.217. The molecule has 132 valence electrons. The van der Waals surface area contributed by atoms with Gasteiger partial charge in [-0.3, -0.25) is 9.59 Å². The van der Waals surface area contributed by atoms with Crippen molar-refractivity contribution in [1.29, 1.82) is 0 Å². The predicted molar refractivity (Wildman–Crippen MR) is 94.4 cm³/mol. The number of Topliss-reactive ketones (excluding diaryl/α,β-unsaturated/α-hetero) is 1. The third kappa shape index (κ3) is 3.59. The van der Waals surface area contributed by atoms with E-state index in [1.54, 1.807) is 43.4 Å². The van der Waals surface area contributed by atoms with E-state index in [9.17, 15) is 9.59 Å². The number of nitrogens with one attached hydrogen (secondary N) is 1. The van der Waals surface area contributed by atoms with Gasteiger partial charge in [0, 0.05) is 26.3 Å². The van der Waals surface area contributed by atoms with Crippen molar-refractivity contribution in [2.45, 2.75) is 32.1 Å². The van der Waals surface area contributed by atoms with Crippen molar-refractivity contribution in [3.8, 4) is 0 Å². The zero-order valence-electron chi connectivity index (χ0n) is 15.0. The van der Waals surface area contributed by atoms with E-state index < -0.39 is 8.56 Å². The van der Waals surface area contributed by atoms with Crippen LogP contribution in [0.1, 0.15) is 34.6 Å². The van der Waals surface area contributed by atoms with Crippen LogP contribution in [-0.4, -0.2) is 64.2 Å². The van der Waals surface area contributed by atoms with Crippen LogP contribution in [0, 0.1) is 0 Å². The van der Waals surface area contributed by atoms with Crippen molar-refractivity contribution in [1.82, 2.24) is 10.2 Å². The topological polar surface area (TPSA) is 67.6 Å². The first-order valence-corrected chi connectivity index (χ1v) is 10.5. The number of hydrogen-bond donors (Lipinski definition) is 1. The van der Waals surface area contributed by atoms with Gasteiger partial charge in [-0.1, -0.05) is 25.1 Å². The second-order valence-corrected chi connectivity index (χ2v) is 9.56. The molecule has 0 saturated carbocycles. The van der Waals surface area contributed by atoms with Gasteiger partial charge in [-0.2, -0.15) is 0 Å². The molecule has 1 aliphatic heterocycles. The minimum Gasteiger partial charge on any atom is -0.397 e. The lowest BCUT2D eigenvalue weighted by atomic mass is 10.0. The molecule has 0 aliphatic carbocycles. The lowest BCUT2D eigenvalue weighted by Gasteiger charge is -2.32. The lowest BCUT2D eigenvalue weighted by molar-refractivity contribution is 0.0861. The number of carbonyl (C=O) groups excluding carboxylic acids is 2. The van der Waals surface area contributed by atoms with Gasteiger partial charge in [-0.05, 0) is 26.1 Å². The highest BCUT2D eigenvalue weighted by Gasteiger charge is 2.54. The van der Waals surface area contributed by atoms with Crippen LogP contribution in [0.2, 0.25) is 6.55 Å². The molecular formula is C17H26N2O4Si. The quantitative estimate of drug-likeness (QED) is 0.438. The molecule has 1 saturated heterocycles. The number of ketones is 1. The zero-order valence-corrected chi connectivity index (χ0v) is 16.0. The van der Waals surface area contributed by atoms with Gasteiger partial charge in [0.2, 0.25) is 0 Å². The van der Waals surface area contributed by atoms with E-state index >= 15 is 0 Å². The van der Waals surface area contributed by atoms with Gasteiger partial charge in [0.05, 0.1) is 17.3 Å². The van der Waals surface area contributed by atoms with E-state index in [2.05, 4.69) is 5.32 Å². The summed E-state index contributed by atoms with van der Waals surface area (Å²) in [4.78, 5) is 26.4. The minimum atomic E-state index is -2.44. The molecule has 24 heavy (non-hydrogen) atoms. The maximum Gasteiger partial charge on any atom is 0.354 e. The predicted octanol–water partition coefficient (Wildman–Crippen LogP) is 1.60. The van der Waals surface area contributed by atoms with Crippen molar-refractivity contribution < 1.29 is 18.4 Å². The Balaban J connectivity index is 2.21. The Morgan fingerprint density at radius 1 is 1.29 bits per heavy atom. The van der Waals surface area contributed by atoms with E-state index in [1.165, 1.54) is 6.92 Å². The number of likely N-dealkylation sites (N-methyl/N-ethyl adjacent to an activating group) is 1. The maximum atomic E-state index is 12.8. The summed E-state index contributed by atoms with van der Waals surface area (Å²) in [5.41, 5.74) is 0.901. The fourth-order valence-electron chi connectivity index (χ4n) is 3.03. The van der Waals surface area contributed by atoms with Crippen molar-refractivity contribution in [2.24, 2.45) is 0 Å². The Kier molecular flexibility index (Phi) is 5.92. The number of carbonyl (C=O) groups is 2. The second kappa shape index (κ2) is 7.56. The summed E-state index contributed by atoms with van der Waals surface area (Å²) in [6.07, 6.45) is 0. The van der Waals surface area contributed by atoms with Crippen molar-refractivity contribution in [2.75, 3.05) is 27.3 Å². The molecule has 1 heterocycles. The fourth-order valence-corrected chi connectivity index (χ4v) is 5.27. The van der Waals surface area contributed by atoms with E-state index in [1.807, 2.05) is 13.5 Å². The van der Waals surface area contributed by atoms with E-state index in [0.717, 1.165) is 6.54 Å². The molecule has 1 amide bonds. The van der Waals surface area contributed by atoms with Gasteiger partial charge >= 0.3 is 8.56 Å². The summed E-state index contributed by atoms with van der Waals surface area (Å²) in [6, 6.07) is 6.98. The molecule has 1 aromatic rings. The van der Waals surface area contributed by atoms with Crippen LogP contribution < -0.4 is 5.32 Å². The van der Waals surface area contributed by atoms with Gasteiger partial charge in [0.1, 0.15) is 0 Å². The highest BCUT2D eigenvalue weighted by Crippen LogP contribution is 2.30. The molecule has 1 N–H and O–H groups in total. The van der Waals surface area contributed by atoms with Crippen molar-refractivity contribution in [3.05, 3.63) is 35.4 Å². The van der Waals surface area contributed by atoms with Crippen LogP contribution in [0.5, 0.6) is 0 Å². The van der Waals surface area contributed by atoms with Crippen LogP contribution in [0.3, 0.4) is 0 Å². The molecule has 1 fully saturated rings. The standard InChI is InChI=1S/C17H26N2O4Si/c1-6-18-16(24(5,22-3)23-4)15-11-19(15)17(21)14-10-8-7-9-13(14)12(2)20/h7-10,15-16,18H,6,11H2,1-5H3. The van der Waals surface area contributed by atoms with Gasteiger partial charge in [-0.15, -0.1) is 0 Å². The Morgan fingerprint density at radius 3 is 2.38 bits per heavy atom. The average molecular weight is 350 g/mol. The third-order valence-electron chi connectivity index (χ3n) is 4.63. The summed E-state index contributed by atoms with van der Waals surface area (Å²) < 4.78 is 11.3. The smallest absolute Gasteiger partial charge is 0.354 e. The van der Waals surface area contributed by atoms with Gasteiger partial charge in [-0.25, -0.2) is 0 Å². The molecule has 0 radical (unpaired) electrons. The Bertz CT molecular complexity index is 618. The number of rotatable bonds is 8. The fraction of sp³-hybridized carbons (Fsp3) is 0.529. The maximum absolute atomic E-state index is 12.8. The van der Waals surface area contributed by atoms with Crippen molar-refractivity contribution in [3.63, 3.8) is 0 Å². The van der Waals surface area contributed by atoms with Crippen LogP contribution in [0.25, 0.3) is 0 Å². The van der Waals surface area contributed by atoms with Crippen LogP contribution >= 0.6 is 0 Å². The van der Waals surface area contributed by atoms with E-state index in [0.29, 0.717) is 17.7 Å². The van der Waals surface area contributed by atoms with Gasteiger partial charge in [0.25, 0.3) is 5.91 Å². The summed E-state index contributed by atoms with van der Waals surface area (Å²) in [7, 11) is 0.861. The highest BCUT2D eigenvalue weighted by molar-refractivity contribution is 6.68. The Morgan fingerprint density at radius 2 is 1.88 bits per heavy atom. The normalized spacial score (nSPS) is 18.4. The highest BCUT2D eigenvalue weighted by atomic mass is 28.4. The molecule has 7 heteroatoms. The summed E-state index contributed by atoms with van der Waals surface area (Å²) in [5, 5.41) is 3.41. The average Bonchev–Trinajstić information content (AvgIpc) is 3.38. The van der Waals surface area contributed by atoms with E-state index in [-0.39, 0.29) is 23.4 Å². The zero-order chi connectivity index (χ0) is 17.9. The molecule has 1 aromatic carbocycles. The molecule has 0 spiro atoms. The first kappa shape index (κ1) is 18.8. The van der Waals surface area contributed by atoms with Crippen LogP contribution in [-0.2, 0) is 8.85 Å². The Hall–Kier alpha value is -1.54. The molecule has 0 bridgehead atoms. The Labute approximate surface area is 144 Å². The lowest BCUT2D eigenvalue weighted by Crippen LogP contribution is -2.60. The molecule has 6 nitrogen and oxygen atoms in total. The SMILES string of the molecule is CCNC(C1CN1C(=O)c1ccccc1C(C)=O)[Si](C)(OC)OC. The number of amides is 1. The summed E-state index contributed by atoms with van der Waals surface area (Å²) in [6.45, 7) is 6.89. The van der Waals surface area contributed by atoms with Crippen LogP contribution in [0.15, 0.2) is 24.3 Å². The first-order valence-electron chi connectivity index (χ1n) is 8.14. The van der Waals surface area contributed by atoms with Gasteiger partial charge in [0.15, 0.2) is 5.78 Å². The second-order valence-electron chi connectivity index (χ2n) is 6.09. The third-order valence-corrected chi connectivity index (χ3v) is 7.97. The number of nitrogens with zero attached hydrogens (tertiary/aromatic N) is 1. The number of benzene rings is 1. The van der Waals surface area contributed by atoms with Gasteiger partial charge < -0.3 is 19.1 Å². The van der Waals surface area contributed by atoms with E-state index in [4.69, 9.17) is 8.85 Å². The first-order chi connectivity index (χ1) is 11.4. The molecule has 2 atom stereocenters. The number of hydrogen-bond acceptors (Lipinski definition) is 5. The summed E-state index contributed by atoms with van der Waals surface area (Å²) >= 11 is 0. The monoisotopic (exact) mass is 350 g/mol. The molecular weight excluding hydrogens is 324 g/mol. The largest absolute Gasteiger partial charge is 0.397 e. The minimum absolute atomic E-state index is 0.0223. The molecule has 2 rings (SSSR count). The molecule has 0 aromatic heterocycles. The molecule has 2 unspecified atom stereocenters. The van der Waals surface area contributed by atoms with Crippen LogP contribution in [0.4, 0.5) is 0 Å². The molecule has 1 aliphatic rings. The van der Waals surface area contributed by atoms with Crippen molar-refractivity contribution >= 4 is 20.3 Å².